The Hall–Kier alpha value is -1.17. The summed E-state index contributed by atoms with van der Waals surface area (Å²) in [6, 6.07) is 1.36. The fraction of sp³-hybridized carbons (Fsp3) is 0.667. The molecule has 1 rings (SSSR count). The lowest BCUT2D eigenvalue weighted by Gasteiger charge is -2.32. The van der Waals surface area contributed by atoms with E-state index in [0.29, 0.717) is 12.1 Å². The van der Waals surface area contributed by atoms with Gasteiger partial charge in [-0.2, -0.15) is 0 Å². The van der Waals surface area contributed by atoms with E-state index in [9.17, 15) is 14.9 Å². The van der Waals surface area contributed by atoms with Gasteiger partial charge < -0.3 is 4.57 Å². The van der Waals surface area contributed by atoms with Gasteiger partial charge in [0, 0.05) is 23.5 Å². The van der Waals surface area contributed by atoms with Gasteiger partial charge in [-0.05, 0) is 25.2 Å². The third kappa shape index (κ3) is 4.40. The molecule has 6 heteroatoms. The second kappa shape index (κ2) is 7.73. The van der Waals surface area contributed by atoms with Crippen molar-refractivity contribution in [2.45, 2.75) is 53.0 Å². The minimum atomic E-state index is -0.430. The van der Waals surface area contributed by atoms with Crippen molar-refractivity contribution in [1.82, 2.24) is 4.57 Å². The average Bonchev–Trinajstić information content (AvgIpc) is 2.41. The Bertz CT molecular complexity index is 548. The molecule has 0 fully saturated rings. The maximum Gasteiger partial charge on any atom is 0.288 e. The normalized spacial score (nSPS) is 11.6. The first kappa shape index (κ1) is 17.9. The van der Waals surface area contributed by atoms with Gasteiger partial charge in [0.1, 0.15) is 0 Å². The Morgan fingerprint density at radius 1 is 1.33 bits per heavy atom. The molecular formula is C15H23BrN2O3. The van der Waals surface area contributed by atoms with Crippen molar-refractivity contribution in [3.05, 3.63) is 38.3 Å². The zero-order chi connectivity index (χ0) is 16.0. The summed E-state index contributed by atoms with van der Waals surface area (Å²) in [5.41, 5.74) is 0.217. The highest BCUT2D eigenvalue weighted by Gasteiger charge is 2.29. The average molecular weight is 359 g/mol. The molecule has 118 valence electrons. The van der Waals surface area contributed by atoms with E-state index in [1.807, 2.05) is 0 Å². The van der Waals surface area contributed by atoms with Gasteiger partial charge in [-0.1, -0.05) is 42.6 Å². The summed E-state index contributed by atoms with van der Waals surface area (Å²) in [5.74, 6) is 0. The van der Waals surface area contributed by atoms with Crippen molar-refractivity contribution >= 4 is 21.6 Å². The van der Waals surface area contributed by atoms with Crippen molar-refractivity contribution in [3.8, 4) is 0 Å². The van der Waals surface area contributed by atoms with Crippen LogP contribution in [0.25, 0.3) is 0 Å². The third-order valence-corrected chi connectivity index (χ3v) is 5.04. The van der Waals surface area contributed by atoms with Crippen LogP contribution in [0.3, 0.4) is 0 Å². The molecule has 0 aliphatic rings. The SMILES string of the molecule is CCCC(CBr)(CCC)Cn1cc([N+](=O)[O-])c(C)cc1=O. The van der Waals surface area contributed by atoms with E-state index in [4.69, 9.17) is 0 Å². The summed E-state index contributed by atoms with van der Waals surface area (Å²) in [4.78, 5) is 22.8. The van der Waals surface area contributed by atoms with Crippen LogP contribution in [0.1, 0.15) is 45.1 Å². The molecule has 1 heterocycles. The fourth-order valence-electron chi connectivity index (χ4n) is 2.85. The van der Waals surface area contributed by atoms with Crippen molar-refractivity contribution < 1.29 is 4.92 Å². The lowest BCUT2D eigenvalue weighted by Crippen LogP contribution is -2.33. The summed E-state index contributed by atoms with van der Waals surface area (Å²) in [5, 5.41) is 11.8. The molecule has 0 aliphatic carbocycles. The van der Waals surface area contributed by atoms with Crippen LogP contribution in [0.15, 0.2) is 17.1 Å². The van der Waals surface area contributed by atoms with E-state index in [0.717, 1.165) is 31.0 Å². The van der Waals surface area contributed by atoms with E-state index in [1.165, 1.54) is 16.8 Å². The van der Waals surface area contributed by atoms with Gasteiger partial charge in [-0.3, -0.25) is 14.9 Å². The Balaban J connectivity index is 3.22. The van der Waals surface area contributed by atoms with Gasteiger partial charge in [-0.15, -0.1) is 0 Å². The number of nitrogens with zero attached hydrogens (tertiary/aromatic N) is 2. The van der Waals surface area contributed by atoms with Crippen LogP contribution in [-0.2, 0) is 6.54 Å². The largest absolute Gasteiger partial charge is 0.308 e. The summed E-state index contributed by atoms with van der Waals surface area (Å²) >= 11 is 3.57. The number of pyridine rings is 1. The van der Waals surface area contributed by atoms with Gasteiger partial charge in [-0.25, -0.2) is 0 Å². The minimum absolute atomic E-state index is 0.00562. The Labute approximate surface area is 133 Å². The lowest BCUT2D eigenvalue weighted by atomic mass is 9.81. The van der Waals surface area contributed by atoms with Gasteiger partial charge in [0.15, 0.2) is 0 Å². The maximum atomic E-state index is 12.1. The standard InChI is InChI=1S/C15H23BrN2O3/c1-4-6-15(10-16,7-5-2)11-17-9-13(18(20)21)12(3)8-14(17)19/h8-9H,4-7,10-11H2,1-3H3. The minimum Gasteiger partial charge on any atom is -0.308 e. The van der Waals surface area contributed by atoms with Gasteiger partial charge in [0.25, 0.3) is 11.2 Å². The predicted molar refractivity (Wildman–Crippen MR) is 88.1 cm³/mol. The molecule has 0 saturated carbocycles. The molecule has 1 aromatic heterocycles. The number of hydrogen-bond acceptors (Lipinski definition) is 3. The Kier molecular flexibility index (Phi) is 6.58. The fourth-order valence-corrected chi connectivity index (χ4v) is 3.59. The van der Waals surface area contributed by atoms with Gasteiger partial charge >= 0.3 is 0 Å². The molecule has 0 unspecified atom stereocenters. The first-order valence-electron chi connectivity index (χ1n) is 7.30. The molecule has 0 bridgehead atoms. The van der Waals surface area contributed by atoms with Crippen molar-refractivity contribution in [3.63, 3.8) is 0 Å². The molecular weight excluding hydrogens is 336 g/mol. The molecule has 0 atom stereocenters. The van der Waals surface area contributed by atoms with E-state index in [2.05, 4.69) is 29.8 Å². The zero-order valence-corrected chi connectivity index (χ0v) is 14.5. The smallest absolute Gasteiger partial charge is 0.288 e. The number of hydrogen-bond donors (Lipinski definition) is 0. The highest BCUT2D eigenvalue weighted by molar-refractivity contribution is 9.09. The number of rotatable bonds is 8. The molecule has 0 aliphatic heterocycles. The van der Waals surface area contributed by atoms with E-state index >= 15 is 0 Å². The van der Waals surface area contributed by atoms with Crippen LogP contribution in [0.2, 0.25) is 0 Å². The highest BCUT2D eigenvalue weighted by atomic mass is 79.9. The van der Waals surface area contributed by atoms with Gasteiger partial charge in [0.05, 0.1) is 11.1 Å². The molecule has 0 aromatic carbocycles. The number of alkyl halides is 1. The third-order valence-electron chi connectivity index (χ3n) is 3.85. The molecule has 0 spiro atoms. The number of aryl methyl sites for hydroxylation is 1. The number of halogens is 1. The topological polar surface area (TPSA) is 65.1 Å². The van der Waals surface area contributed by atoms with E-state index in [1.54, 1.807) is 6.92 Å². The molecule has 0 N–H and O–H groups in total. The highest BCUT2D eigenvalue weighted by Crippen LogP contribution is 2.34. The van der Waals surface area contributed by atoms with Crippen LogP contribution in [-0.4, -0.2) is 14.8 Å². The van der Waals surface area contributed by atoms with E-state index in [-0.39, 0.29) is 16.7 Å². The quantitative estimate of drug-likeness (QED) is 0.400. The number of nitro groups is 1. The molecule has 0 radical (unpaired) electrons. The molecule has 0 saturated heterocycles. The van der Waals surface area contributed by atoms with Gasteiger partial charge in [0.2, 0.25) is 0 Å². The maximum absolute atomic E-state index is 12.1. The molecule has 0 amide bonds. The van der Waals surface area contributed by atoms with Crippen molar-refractivity contribution in [2.24, 2.45) is 5.41 Å². The predicted octanol–water partition coefficient (Wildman–Crippen LogP) is 4.05. The van der Waals surface area contributed by atoms with Crippen molar-refractivity contribution in [2.75, 3.05) is 5.33 Å². The van der Waals surface area contributed by atoms with Crippen LogP contribution in [0, 0.1) is 22.5 Å². The first-order valence-corrected chi connectivity index (χ1v) is 8.42. The van der Waals surface area contributed by atoms with Crippen LogP contribution < -0.4 is 5.56 Å². The van der Waals surface area contributed by atoms with Crippen molar-refractivity contribution in [1.29, 1.82) is 0 Å². The summed E-state index contributed by atoms with van der Waals surface area (Å²) in [7, 11) is 0. The lowest BCUT2D eigenvalue weighted by molar-refractivity contribution is -0.386. The second-order valence-corrected chi connectivity index (χ2v) is 6.26. The second-order valence-electron chi connectivity index (χ2n) is 5.70. The Morgan fingerprint density at radius 2 is 1.90 bits per heavy atom. The molecule has 1 aromatic rings. The zero-order valence-electron chi connectivity index (χ0n) is 12.9. The Morgan fingerprint density at radius 3 is 2.33 bits per heavy atom. The summed E-state index contributed by atoms with van der Waals surface area (Å²) in [6.45, 7) is 6.35. The monoisotopic (exact) mass is 358 g/mol. The van der Waals surface area contributed by atoms with Crippen LogP contribution >= 0.6 is 15.9 Å². The molecule has 5 nitrogen and oxygen atoms in total. The molecule has 21 heavy (non-hydrogen) atoms. The van der Waals surface area contributed by atoms with Crippen LogP contribution in [0.4, 0.5) is 5.69 Å². The van der Waals surface area contributed by atoms with E-state index < -0.39 is 4.92 Å². The summed E-state index contributed by atoms with van der Waals surface area (Å²) < 4.78 is 1.50. The number of aromatic nitrogens is 1. The summed E-state index contributed by atoms with van der Waals surface area (Å²) in [6.07, 6.45) is 5.41. The first-order chi connectivity index (χ1) is 9.89. The van der Waals surface area contributed by atoms with Crippen LogP contribution in [0.5, 0.6) is 0 Å².